The molecule has 0 saturated heterocycles. The fraction of sp³-hybridized carbons (Fsp3) is 0.500. The fourth-order valence-electron chi connectivity index (χ4n) is 2.40. The van der Waals surface area contributed by atoms with Crippen LogP contribution in [0.5, 0.6) is 0 Å². The Morgan fingerprint density at radius 3 is 2.35 bits per heavy atom. The lowest BCUT2D eigenvalue weighted by Gasteiger charge is -2.24. The van der Waals surface area contributed by atoms with Gasteiger partial charge >= 0.3 is 12.4 Å². The quantitative estimate of drug-likeness (QED) is 0.783. The number of Topliss-reactive ketones (excluding diaryl/α,β-unsaturated/α-hetero) is 1. The molecule has 0 spiro atoms. The molecule has 0 radical (unpaired) electrons. The first-order chi connectivity index (χ1) is 9.12. The van der Waals surface area contributed by atoms with Gasteiger partial charge in [0.25, 0.3) is 0 Å². The van der Waals surface area contributed by atoms with Crippen LogP contribution in [0.1, 0.15) is 23.6 Å². The zero-order chi connectivity index (χ0) is 15.1. The molecular weight excluding hydrogens is 288 g/mol. The molecule has 8 heteroatoms. The van der Waals surface area contributed by atoms with Crippen LogP contribution in [0, 0.1) is 5.92 Å². The van der Waals surface area contributed by atoms with Crippen LogP contribution >= 0.6 is 0 Å². The molecule has 1 aromatic heterocycles. The van der Waals surface area contributed by atoms with Crippen molar-refractivity contribution in [2.45, 2.75) is 31.1 Å². The summed E-state index contributed by atoms with van der Waals surface area (Å²) in [6.07, 6.45) is -9.86. The van der Waals surface area contributed by atoms with Crippen LogP contribution in [-0.2, 0) is 11.2 Å². The highest BCUT2D eigenvalue weighted by Gasteiger charge is 2.62. The van der Waals surface area contributed by atoms with E-state index in [0.29, 0.717) is 5.56 Å². The maximum absolute atomic E-state index is 12.5. The molecule has 110 valence electrons. The van der Waals surface area contributed by atoms with Gasteiger partial charge in [0.05, 0.1) is 11.6 Å². The van der Waals surface area contributed by atoms with Gasteiger partial charge < -0.3 is 0 Å². The summed E-state index contributed by atoms with van der Waals surface area (Å²) < 4.78 is 75.2. The number of ketones is 1. The summed E-state index contributed by atoms with van der Waals surface area (Å²) in [4.78, 5) is 15.5. The van der Waals surface area contributed by atoms with Crippen molar-refractivity contribution >= 4 is 5.78 Å². The standard InChI is InChI=1S/C12H9F6NO/c13-11(14,15)10(12(16,17)18)9(20)7-4-3-6-2-1-5-19-8(6)7/h1-2,5,7,10H,3-4H2. The largest absolute Gasteiger partial charge is 0.407 e. The number of halogens is 6. The predicted molar refractivity (Wildman–Crippen MR) is 55.9 cm³/mol. The first-order valence-corrected chi connectivity index (χ1v) is 5.73. The zero-order valence-corrected chi connectivity index (χ0v) is 9.92. The van der Waals surface area contributed by atoms with Crippen LogP contribution in [0.3, 0.4) is 0 Å². The smallest absolute Gasteiger partial charge is 0.298 e. The highest BCUT2D eigenvalue weighted by molar-refractivity contribution is 5.89. The number of aromatic nitrogens is 1. The number of hydrogen-bond donors (Lipinski definition) is 0. The van der Waals surface area contributed by atoms with Crippen LogP contribution in [-0.4, -0.2) is 23.1 Å². The molecule has 0 aliphatic heterocycles. The van der Waals surface area contributed by atoms with Crippen LogP contribution < -0.4 is 0 Å². The van der Waals surface area contributed by atoms with E-state index in [9.17, 15) is 31.1 Å². The number of carbonyl (C=O) groups is 1. The zero-order valence-electron chi connectivity index (χ0n) is 9.92. The van der Waals surface area contributed by atoms with Crippen molar-refractivity contribution in [3.05, 3.63) is 29.6 Å². The SMILES string of the molecule is O=C(C1CCc2cccnc21)C(C(F)(F)F)C(F)(F)F. The first-order valence-electron chi connectivity index (χ1n) is 5.73. The van der Waals surface area contributed by atoms with Crippen LogP contribution in [0.4, 0.5) is 26.3 Å². The third-order valence-electron chi connectivity index (χ3n) is 3.24. The Balaban J connectivity index is 2.36. The van der Waals surface area contributed by atoms with E-state index in [2.05, 4.69) is 4.98 Å². The van der Waals surface area contributed by atoms with Gasteiger partial charge in [-0.05, 0) is 24.5 Å². The number of alkyl halides is 6. The molecule has 0 fully saturated rings. The van der Waals surface area contributed by atoms with Gasteiger partial charge in [-0.15, -0.1) is 0 Å². The van der Waals surface area contributed by atoms with E-state index in [1.807, 2.05) is 0 Å². The molecule has 0 saturated carbocycles. The molecule has 1 unspecified atom stereocenters. The minimum Gasteiger partial charge on any atom is -0.298 e. The van der Waals surface area contributed by atoms with Gasteiger partial charge in [-0.25, -0.2) is 0 Å². The van der Waals surface area contributed by atoms with Crippen molar-refractivity contribution in [1.82, 2.24) is 4.98 Å². The molecule has 1 aliphatic rings. The summed E-state index contributed by atoms with van der Waals surface area (Å²) in [5, 5.41) is 0. The van der Waals surface area contributed by atoms with E-state index in [4.69, 9.17) is 0 Å². The maximum atomic E-state index is 12.5. The Labute approximate surface area is 109 Å². The molecule has 0 bridgehead atoms. The van der Waals surface area contributed by atoms with E-state index >= 15 is 0 Å². The van der Waals surface area contributed by atoms with Gasteiger partial charge in [-0.3, -0.25) is 9.78 Å². The van der Waals surface area contributed by atoms with Gasteiger partial charge in [-0.2, -0.15) is 26.3 Å². The van der Waals surface area contributed by atoms with Gasteiger partial charge in [0.2, 0.25) is 5.92 Å². The molecule has 0 amide bonds. The maximum Gasteiger partial charge on any atom is 0.407 e. The molecule has 20 heavy (non-hydrogen) atoms. The molecule has 1 aromatic rings. The lowest BCUT2D eigenvalue weighted by molar-refractivity contribution is -0.274. The second-order valence-corrected chi connectivity index (χ2v) is 4.56. The summed E-state index contributed by atoms with van der Waals surface area (Å²) in [7, 11) is 0. The van der Waals surface area contributed by atoms with Crippen LogP contribution in [0.25, 0.3) is 0 Å². The molecule has 1 aliphatic carbocycles. The first kappa shape index (κ1) is 14.8. The van der Waals surface area contributed by atoms with Crippen molar-refractivity contribution in [2.75, 3.05) is 0 Å². The van der Waals surface area contributed by atoms with Crippen LogP contribution in [0.2, 0.25) is 0 Å². The lowest BCUT2D eigenvalue weighted by atomic mass is 9.90. The topological polar surface area (TPSA) is 30.0 Å². The minimum absolute atomic E-state index is 0.0241. The van der Waals surface area contributed by atoms with Crippen molar-refractivity contribution in [1.29, 1.82) is 0 Å². The Morgan fingerprint density at radius 2 is 1.80 bits per heavy atom. The monoisotopic (exact) mass is 297 g/mol. The second kappa shape index (κ2) is 4.75. The molecule has 1 heterocycles. The molecule has 2 rings (SSSR count). The molecule has 2 nitrogen and oxygen atoms in total. The molecule has 0 aromatic carbocycles. The Morgan fingerprint density at radius 1 is 1.20 bits per heavy atom. The summed E-state index contributed by atoms with van der Waals surface area (Å²) in [5.74, 6) is -7.27. The number of carbonyl (C=O) groups excluding carboxylic acids is 1. The van der Waals surface area contributed by atoms with Crippen molar-refractivity contribution in [2.24, 2.45) is 5.92 Å². The minimum atomic E-state index is -5.65. The van der Waals surface area contributed by atoms with E-state index in [1.165, 1.54) is 12.3 Å². The highest BCUT2D eigenvalue weighted by atomic mass is 19.4. The van der Waals surface area contributed by atoms with Crippen LogP contribution in [0.15, 0.2) is 18.3 Å². The second-order valence-electron chi connectivity index (χ2n) is 4.56. The average molecular weight is 297 g/mol. The summed E-state index contributed by atoms with van der Waals surface area (Å²) in [6, 6.07) is 3.07. The summed E-state index contributed by atoms with van der Waals surface area (Å²) in [5.41, 5.74) is 0.546. The number of fused-ring (bicyclic) bond motifs is 1. The molecule has 0 N–H and O–H groups in total. The molecule has 1 atom stereocenters. The number of pyridine rings is 1. The normalized spacial score (nSPS) is 19.2. The number of nitrogens with zero attached hydrogens (tertiary/aromatic N) is 1. The van der Waals surface area contributed by atoms with Gasteiger partial charge in [0.1, 0.15) is 0 Å². The lowest BCUT2D eigenvalue weighted by Crippen LogP contribution is -2.44. The third kappa shape index (κ3) is 2.64. The van der Waals surface area contributed by atoms with Crippen molar-refractivity contribution in [3.63, 3.8) is 0 Å². The third-order valence-corrected chi connectivity index (χ3v) is 3.24. The van der Waals surface area contributed by atoms with Gasteiger partial charge in [0, 0.05) is 6.20 Å². The predicted octanol–water partition coefficient (Wildman–Crippen LogP) is 3.42. The molecular formula is C12H9F6NO. The summed E-state index contributed by atoms with van der Waals surface area (Å²) in [6.45, 7) is 0. The number of aryl methyl sites for hydroxylation is 1. The van der Waals surface area contributed by atoms with Crippen molar-refractivity contribution < 1.29 is 31.1 Å². The van der Waals surface area contributed by atoms with E-state index in [0.717, 1.165) is 0 Å². The number of hydrogen-bond acceptors (Lipinski definition) is 2. The Kier molecular flexibility index (Phi) is 3.51. The number of rotatable bonds is 2. The summed E-state index contributed by atoms with van der Waals surface area (Å²) >= 11 is 0. The fourth-order valence-corrected chi connectivity index (χ4v) is 2.40. The Bertz CT molecular complexity index is 507. The van der Waals surface area contributed by atoms with E-state index in [-0.39, 0.29) is 18.5 Å². The highest BCUT2D eigenvalue weighted by Crippen LogP contribution is 2.44. The van der Waals surface area contributed by atoms with E-state index in [1.54, 1.807) is 6.07 Å². The van der Waals surface area contributed by atoms with Crippen molar-refractivity contribution in [3.8, 4) is 0 Å². The van der Waals surface area contributed by atoms with Gasteiger partial charge in [0.15, 0.2) is 5.78 Å². The average Bonchev–Trinajstić information content (AvgIpc) is 2.68. The van der Waals surface area contributed by atoms with E-state index < -0.39 is 30.0 Å². The Hall–Kier alpha value is -1.60. The van der Waals surface area contributed by atoms with Gasteiger partial charge in [-0.1, -0.05) is 6.07 Å².